The normalized spacial score (nSPS) is 13.9. The molecule has 0 bridgehead atoms. The van der Waals surface area contributed by atoms with Crippen LogP contribution in [-0.2, 0) is 12.2 Å². The molecule has 0 fully saturated rings. The molecule has 21 heavy (non-hydrogen) atoms. The number of pyridine rings is 1. The molecule has 4 rings (SSSR count). The molecule has 106 valence electrons. The number of rotatable bonds is 3. The molecule has 0 saturated heterocycles. The number of hydrogen-bond donors (Lipinski definition) is 1. The van der Waals surface area contributed by atoms with Crippen LogP contribution < -0.4 is 4.74 Å². The van der Waals surface area contributed by atoms with E-state index in [1.165, 1.54) is 5.56 Å². The van der Waals surface area contributed by atoms with E-state index in [1.54, 1.807) is 11.8 Å². The number of hydrogen-bond acceptors (Lipinski definition) is 4. The lowest BCUT2D eigenvalue weighted by Gasteiger charge is -2.18. The van der Waals surface area contributed by atoms with Gasteiger partial charge in [0.15, 0.2) is 5.16 Å². The second kappa shape index (κ2) is 5.41. The molecule has 2 aromatic heterocycles. The molecule has 1 aliphatic rings. The predicted molar refractivity (Wildman–Crippen MR) is 83.7 cm³/mol. The quantitative estimate of drug-likeness (QED) is 0.751. The van der Waals surface area contributed by atoms with E-state index >= 15 is 0 Å². The molecular weight excluding hydrogens is 282 g/mol. The molecular formula is C16H15N3OS. The number of aromatic amines is 1. The third-order valence-electron chi connectivity index (χ3n) is 3.64. The van der Waals surface area contributed by atoms with Crippen LogP contribution in [0.3, 0.4) is 0 Å². The van der Waals surface area contributed by atoms with Gasteiger partial charge in [0.05, 0.1) is 23.3 Å². The maximum absolute atomic E-state index is 5.69. The van der Waals surface area contributed by atoms with Crippen LogP contribution in [0.4, 0.5) is 0 Å². The first-order valence-electron chi connectivity index (χ1n) is 7.07. The van der Waals surface area contributed by atoms with Crippen LogP contribution in [0.15, 0.2) is 41.7 Å². The average Bonchev–Trinajstić information content (AvgIpc) is 2.96. The number of imidazole rings is 1. The van der Waals surface area contributed by atoms with Gasteiger partial charge in [-0.25, -0.2) is 4.98 Å². The zero-order valence-electron chi connectivity index (χ0n) is 11.5. The summed E-state index contributed by atoms with van der Waals surface area (Å²) < 4.78 is 5.69. The number of H-pyrrole nitrogens is 1. The fourth-order valence-corrected chi connectivity index (χ4v) is 3.48. The third kappa shape index (κ3) is 2.49. The summed E-state index contributed by atoms with van der Waals surface area (Å²) in [4.78, 5) is 12.4. The average molecular weight is 297 g/mol. The Bertz CT molecular complexity index is 751. The molecule has 0 atom stereocenters. The van der Waals surface area contributed by atoms with Gasteiger partial charge >= 0.3 is 0 Å². The molecule has 3 aromatic rings. The monoisotopic (exact) mass is 297 g/mol. The van der Waals surface area contributed by atoms with E-state index in [4.69, 9.17) is 4.74 Å². The van der Waals surface area contributed by atoms with Crippen molar-refractivity contribution in [2.24, 2.45) is 0 Å². The lowest BCUT2D eigenvalue weighted by Crippen LogP contribution is -2.11. The number of thioether (sulfide) groups is 1. The zero-order chi connectivity index (χ0) is 14.1. The van der Waals surface area contributed by atoms with Gasteiger partial charge in [-0.15, -0.1) is 0 Å². The number of aromatic nitrogens is 3. The molecule has 0 saturated carbocycles. The molecule has 0 unspecified atom stereocenters. The maximum Gasteiger partial charge on any atom is 0.166 e. The number of fused-ring (bicyclic) bond motifs is 2. The van der Waals surface area contributed by atoms with Gasteiger partial charge in [-0.05, 0) is 31.0 Å². The topological polar surface area (TPSA) is 50.8 Å². The van der Waals surface area contributed by atoms with E-state index in [0.29, 0.717) is 0 Å². The van der Waals surface area contributed by atoms with Crippen molar-refractivity contribution in [2.75, 3.05) is 6.61 Å². The smallest absolute Gasteiger partial charge is 0.166 e. The Morgan fingerprint density at radius 1 is 1.24 bits per heavy atom. The predicted octanol–water partition coefficient (Wildman–Crippen LogP) is 3.58. The molecule has 3 heterocycles. The van der Waals surface area contributed by atoms with Gasteiger partial charge in [-0.1, -0.05) is 23.9 Å². The number of para-hydroxylation sites is 2. The molecule has 0 spiro atoms. The molecule has 0 radical (unpaired) electrons. The number of ether oxygens (including phenoxy) is 1. The maximum atomic E-state index is 5.69. The van der Waals surface area contributed by atoms with Gasteiger partial charge in [-0.2, -0.15) is 0 Å². The first-order valence-corrected chi connectivity index (χ1v) is 8.06. The van der Waals surface area contributed by atoms with Crippen LogP contribution in [0.1, 0.15) is 17.7 Å². The Kier molecular flexibility index (Phi) is 3.27. The van der Waals surface area contributed by atoms with Gasteiger partial charge < -0.3 is 9.72 Å². The Hall–Kier alpha value is -2.01. The van der Waals surface area contributed by atoms with Crippen molar-refractivity contribution in [3.05, 3.63) is 47.8 Å². The fraction of sp³-hybridized carbons (Fsp3) is 0.250. The minimum Gasteiger partial charge on any atom is -0.493 e. The van der Waals surface area contributed by atoms with Crippen LogP contribution in [0.5, 0.6) is 5.75 Å². The van der Waals surface area contributed by atoms with E-state index in [-0.39, 0.29) is 0 Å². The van der Waals surface area contributed by atoms with Gasteiger partial charge in [0.25, 0.3) is 0 Å². The summed E-state index contributed by atoms with van der Waals surface area (Å²) >= 11 is 1.69. The van der Waals surface area contributed by atoms with Crippen molar-refractivity contribution in [1.82, 2.24) is 15.0 Å². The molecule has 1 N–H and O–H groups in total. The Labute approximate surface area is 127 Å². The highest BCUT2D eigenvalue weighted by Gasteiger charge is 2.15. The fourth-order valence-electron chi connectivity index (χ4n) is 2.61. The van der Waals surface area contributed by atoms with Crippen molar-refractivity contribution >= 4 is 22.8 Å². The van der Waals surface area contributed by atoms with Crippen LogP contribution in [0, 0.1) is 0 Å². The summed E-state index contributed by atoms with van der Waals surface area (Å²) in [7, 11) is 0. The summed E-state index contributed by atoms with van der Waals surface area (Å²) in [5, 5.41) is 0.937. The third-order valence-corrected chi connectivity index (χ3v) is 4.53. The van der Waals surface area contributed by atoms with Crippen molar-refractivity contribution < 1.29 is 4.74 Å². The van der Waals surface area contributed by atoms with E-state index in [0.717, 1.165) is 52.8 Å². The highest BCUT2D eigenvalue weighted by molar-refractivity contribution is 7.98. The minimum atomic E-state index is 0.812. The standard InChI is InChI=1S/C16H15N3OS/c1-2-6-13-12(5-1)18-16(19-13)21-10-14-11-4-3-9-20-15(11)7-8-17-14/h1-2,5-8H,3-4,9-10H2,(H,18,19). The van der Waals surface area contributed by atoms with E-state index in [9.17, 15) is 0 Å². The van der Waals surface area contributed by atoms with Crippen molar-refractivity contribution in [2.45, 2.75) is 23.8 Å². The lowest BCUT2D eigenvalue weighted by atomic mass is 10.1. The van der Waals surface area contributed by atoms with Crippen LogP contribution in [0.2, 0.25) is 0 Å². The van der Waals surface area contributed by atoms with Crippen molar-refractivity contribution in [3.8, 4) is 5.75 Å². The van der Waals surface area contributed by atoms with E-state index in [1.807, 2.05) is 36.5 Å². The number of benzene rings is 1. The minimum absolute atomic E-state index is 0.812. The van der Waals surface area contributed by atoms with E-state index < -0.39 is 0 Å². The molecule has 1 aliphatic heterocycles. The van der Waals surface area contributed by atoms with Crippen molar-refractivity contribution in [3.63, 3.8) is 0 Å². The molecule has 5 heteroatoms. The second-order valence-corrected chi connectivity index (χ2v) is 6.00. The van der Waals surface area contributed by atoms with Gasteiger partial charge in [-0.3, -0.25) is 4.98 Å². The summed E-state index contributed by atoms with van der Waals surface area (Å²) in [5.74, 6) is 1.81. The molecule has 0 aliphatic carbocycles. The SMILES string of the molecule is c1ccc2[nH]c(SCc3nccc4c3CCCO4)nc2c1. The molecule has 4 nitrogen and oxygen atoms in total. The summed E-state index contributed by atoms with van der Waals surface area (Å²) in [5.41, 5.74) is 4.45. The Balaban J connectivity index is 1.56. The molecule has 0 amide bonds. The Morgan fingerprint density at radius 2 is 2.19 bits per heavy atom. The first-order chi connectivity index (χ1) is 10.4. The van der Waals surface area contributed by atoms with Crippen LogP contribution in [-0.4, -0.2) is 21.6 Å². The highest BCUT2D eigenvalue weighted by atomic mass is 32.2. The van der Waals surface area contributed by atoms with Crippen molar-refractivity contribution in [1.29, 1.82) is 0 Å². The zero-order valence-corrected chi connectivity index (χ0v) is 12.3. The van der Waals surface area contributed by atoms with Gasteiger partial charge in [0.1, 0.15) is 5.75 Å². The van der Waals surface area contributed by atoms with Crippen LogP contribution in [0.25, 0.3) is 11.0 Å². The van der Waals surface area contributed by atoms with Gasteiger partial charge in [0.2, 0.25) is 0 Å². The second-order valence-electron chi connectivity index (χ2n) is 5.03. The summed E-state index contributed by atoms with van der Waals surface area (Å²) in [6.45, 7) is 0.813. The number of nitrogens with one attached hydrogen (secondary N) is 1. The lowest BCUT2D eigenvalue weighted by molar-refractivity contribution is 0.287. The first kappa shape index (κ1) is 12.7. The number of nitrogens with zero attached hydrogens (tertiary/aromatic N) is 2. The largest absolute Gasteiger partial charge is 0.493 e. The highest BCUT2D eigenvalue weighted by Crippen LogP contribution is 2.30. The molecule has 1 aromatic carbocycles. The summed E-state index contributed by atoms with van der Waals surface area (Å²) in [6, 6.07) is 10.0. The van der Waals surface area contributed by atoms with Crippen LogP contribution >= 0.6 is 11.8 Å². The van der Waals surface area contributed by atoms with Gasteiger partial charge in [0, 0.05) is 17.5 Å². The summed E-state index contributed by atoms with van der Waals surface area (Å²) in [6.07, 6.45) is 3.96. The Morgan fingerprint density at radius 3 is 3.14 bits per heavy atom. The van der Waals surface area contributed by atoms with E-state index in [2.05, 4.69) is 15.0 Å².